The number of rotatable bonds is 4. The van der Waals surface area contributed by atoms with E-state index in [2.05, 4.69) is 15.3 Å². The molecule has 0 saturated heterocycles. The highest BCUT2D eigenvalue weighted by Crippen LogP contribution is 2.09. The first kappa shape index (κ1) is 11.6. The number of benzene rings is 1. The minimum Gasteiger partial charge on any atom is -0.306 e. The molecular weight excluding hydrogens is 224 g/mol. The first-order valence-electron chi connectivity index (χ1n) is 5.16. The van der Waals surface area contributed by atoms with E-state index in [4.69, 9.17) is 0 Å². The summed E-state index contributed by atoms with van der Waals surface area (Å²) in [5.41, 5.74) is 0.419. The molecule has 0 aliphatic carbocycles. The van der Waals surface area contributed by atoms with Crippen LogP contribution in [0.15, 0.2) is 36.7 Å². The van der Waals surface area contributed by atoms with Crippen LogP contribution in [0.3, 0.4) is 0 Å². The lowest BCUT2D eigenvalue weighted by atomic mass is 10.2. The Bertz CT molecular complexity index is 488. The van der Waals surface area contributed by atoms with Crippen LogP contribution >= 0.6 is 0 Å². The van der Waals surface area contributed by atoms with Gasteiger partial charge < -0.3 is 5.32 Å². The molecule has 0 unspecified atom stereocenters. The van der Waals surface area contributed by atoms with Crippen molar-refractivity contribution in [3.05, 3.63) is 59.7 Å². The Hall–Kier alpha value is -1.88. The zero-order valence-electron chi connectivity index (χ0n) is 9.03. The largest absolute Gasteiger partial charge is 0.306 e. The van der Waals surface area contributed by atoms with Crippen LogP contribution < -0.4 is 5.32 Å². The molecule has 0 spiro atoms. The summed E-state index contributed by atoms with van der Waals surface area (Å²) in [7, 11) is 0. The number of nitrogens with zero attached hydrogens (tertiary/aromatic N) is 2. The first-order chi connectivity index (χ1) is 8.25. The first-order valence-corrected chi connectivity index (χ1v) is 5.16. The van der Waals surface area contributed by atoms with Crippen molar-refractivity contribution in [3.63, 3.8) is 0 Å². The monoisotopic (exact) mass is 235 g/mol. The minimum atomic E-state index is -0.572. The minimum absolute atomic E-state index is 0.310. The highest BCUT2D eigenvalue weighted by atomic mass is 19.1. The summed E-state index contributed by atoms with van der Waals surface area (Å²) in [5, 5.41) is 2.99. The molecule has 3 nitrogen and oxygen atoms in total. The van der Waals surface area contributed by atoms with E-state index in [1.165, 1.54) is 12.1 Å². The fourth-order valence-corrected chi connectivity index (χ4v) is 1.40. The second kappa shape index (κ2) is 5.45. The lowest BCUT2D eigenvalue weighted by molar-refractivity contribution is 0.557. The summed E-state index contributed by atoms with van der Waals surface area (Å²) in [6.07, 6.45) is 3.28. The molecule has 0 radical (unpaired) electrons. The molecule has 0 atom stereocenters. The van der Waals surface area contributed by atoms with Crippen molar-refractivity contribution in [1.82, 2.24) is 15.3 Å². The van der Waals surface area contributed by atoms with Gasteiger partial charge in [-0.05, 0) is 12.1 Å². The molecule has 88 valence electrons. The average molecular weight is 235 g/mol. The second-order valence-electron chi connectivity index (χ2n) is 3.50. The zero-order chi connectivity index (χ0) is 12.1. The van der Waals surface area contributed by atoms with Crippen molar-refractivity contribution in [2.75, 3.05) is 0 Å². The Morgan fingerprint density at radius 1 is 1.06 bits per heavy atom. The summed E-state index contributed by atoms with van der Waals surface area (Å²) in [6.45, 7) is 0.752. The third-order valence-corrected chi connectivity index (χ3v) is 2.23. The number of hydrogen-bond donors (Lipinski definition) is 1. The number of hydrogen-bond acceptors (Lipinski definition) is 3. The smallest absolute Gasteiger partial charge is 0.141 e. The molecule has 1 heterocycles. The predicted octanol–water partition coefficient (Wildman–Crippen LogP) is 2.04. The van der Waals surface area contributed by atoms with Crippen LogP contribution in [0.2, 0.25) is 0 Å². The summed E-state index contributed by atoms with van der Waals surface area (Å²) >= 11 is 0. The SMILES string of the molecule is Fc1ccc(CNCc2ncccn2)c(F)c1. The molecule has 0 saturated carbocycles. The van der Waals surface area contributed by atoms with Gasteiger partial charge in [-0.3, -0.25) is 0 Å². The summed E-state index contributed by atoms with van der Waals surface area (Å²) < 4.78 is 25.9. The van der Waals surface area contributed by atoms with Gasteiger partial charge in [0.05, 0.1) is 6.54 Å². The molecule has 0 aliphatic heterocycles. The highest BCUT2D eigenvalue weighted by molar-refractivity contribution is 5.18. The van der Waals surface area contributed by atoms with Crippen molar-refractivity contribution in [1.29, 1.82) is 0 Å². The van der Waals surface area contributed by atoms with Gasteiger partial charge >= 0.3 is 0 Å². The van der Waals surface area contributed by atoms with E-state index in [0.29, 0.717) is 24.5 Å². The zero-order valence-corrected chi connectivity index (χ0v) is 9.03. The number of nitrogens with one attached hydrogen (secondary N) is 1. The Morgan fingerprint density at radius 2 is 1.82 bits per heavy atom. The molecule has 2 rings (SSSR count). The van der Waals surface area contributed by atoms with Crippen molar-refractivity contribution in [2.24, 2.45) is 0 Å². The van der Waals surface area contributed by atoms with Gasteiger partial charge in [-0.1, -0.05) is 6.07 Å². The van der Waals surface area contributed by atoms with Gasteiger partial charge in [0, 0.05) is 30.6 Å². The molecule has 5 heteroatoms. The van der Waals surface area contributed by atoms with Gasteiger partial charge in [-0.2, -0.15) is 0 Å². The maximum atomic E-state index is 13.3. The number of halogens is 2. The molecule has 1 N–H and O–H groups in total. The molecule has 0 bridgehead atoms. The van der Waals surface area contributed by atoms with Crippen LogP contribution in [-0.4, -0.2) is 9.97 Å². The molecule has 1 aromatic heterocycles. The molecule has 1 aromatic carbocycles. The Morgan fingerprint density at radius 3 is 2.53 bits per heavy atom. The number of aromatic nitrogens is 2. The molecule has 0 amide bonds. The lowest BCUT2D eigenvalue weighted by Crippen LogP contribution is -2.15. The molecule has 0 aliphatic rings. The van der Waals surface area contributed by atoms with Gasteiger partial charge in [0.25, 0.3) is 0 Å². The van der Waals surface area contributed by atoms with Gasteiger partial charge in [-0.15, -0.1) is 0 Å². The Kier molecular flexibility index (Phi) is 3.72. The second-order valence-corrected chi connectivity index (χ2v) is 3.50. The summed E-state index contributed by atoms with van der Waals surface area (Å²) in [6, 6.07) is 5.25. The van der Waals surface area contributed by atoms with E-state index < -0.39 is 11.6 Å². The fraction of sp³-hybridized carbons (Fsp3) is 0.167. The van der Waals surface area contributed by atoms with E-state index in [9.17, 15) is 8.78 Å². The van der Waals surface area contributed by atoms with Crippen molar-refractivity contribution < 1.29 is 8.78 Å². The van der Waals surface area contributed by atoms with E-state index in [1.807, 2.05) is 0 Å². The topological polar surface area (TPSA) is 37.8 Å². The van der Waals surface area contributed by atoms with E-state index in [-0.39, 0.29) is 0 Å². The van der Waals surface area contributed by atoms with Crippen molar-refractivity contribution >= 4 is 0 Å². The molecular formula is C12H11F2N3. The highest BCUT2D eigenvalue weighted by Gasteiger charge is 2.03. The van der Waals surface area contributed by atoms with Crippen LogP contribution in [0, 0.1) is 11.6 Å². The third kappa shape index (κ3) is 3.29. The van der Waals surface area contributed by atoms with E-state index in [0.717, 1.165) is 6.07 Å². The maximum Gasteiger partial charge on any atom is 0.141 e. The van der Waals surface area contributed by atoms with E-state index in [1.54, 1.807) is 18.5 Å². The van der Waals surface area contributed by atoms with Crippen LogP contribution in [0.5, 0.6) is 0 Å². The molecule has 17 heavy (non-hydrogen) atoms. The molecule has 0 fully saturated rings. The van der Waals surface area contributed by atoms with Crippen LogP contribution in [0.25, 0.3) is 0 Å². The van der Waals surface area contributed by atoms with Crippen molar-refractivity contribution in [3.8, 4) is 0 Å². The van der Waals surface area contributed by atoms with Crippen LogP contribution in [-0.2, 0) is 13.1 Å². The van der Waals surface area contributed by atoms with Crippen LogP contribution in [0.4, 0.5) is 8.78 Å². The summed E-state index contributed by atoms with van der Waals surface area (Å²) in [5.74, 6) is -0.487. The Balaban J connectivity index is 1.90. The standard InChI is InChI=1S/C12H11F2N3/c13-10-3-2-9(11(14)6-10)7-15-8-12-16-4-1-5-17-12/h1-6,15H,7-8H2. The molecule has 2 aromatic rings. The van der Waals surface area contributed by atoms with Crippen molar-refractivity contribution in [2.45, 2.75) is 13.1 Å². The van der Waals surface area contributed by atoms with Gasteiger partial charge in [0.1, 0.15) is 17.5 Å². The van der Waals surface area contributed by atoms with E-state index >= 15 is 0 Å². The quantitative estimate of drug-likeness (QED) is 0.881. The third-order valence-electron chi connectivity index (χ3n) is 2.23. The fourth-order valence-electron chi connectivity index (χ4n) is 1.40. The maximum absolute atomic E-state index is 13.3. The van der Waals surface area contributed by atoms with Gasteiger partial charge in [-0.25, -0.2) is 18.7 Å². The van der Waals surface area contributed by atoms with Crippen LogP contribution in [0.1, 0.15) is 11.4 Å². The predicted molar refractivity (Wildman–Crippen MR) is 58.9 cm³/mol. The Labute approximate surface area is 97.5 Å². The van der Waals surface area contributed by atoms with Gasteiger partial charge in [0.15, 0.2) is 0 Å². The summed E-state index contributed by atoms with van der Waals surface area (Å²) in [4.78, 5) is 8.04. The normalized spacial score (nSPS) is 10.5. The lowest BCUT2D eigenvalue weighted by Gasteiger charge is -2.05. The average Bonchev–Trinajstić information content (AvgIpc) is 2.33. The van der Waals surface area contributed by atoms with Gasteiger partial charge in [0.2, 0.25) is 0 Å².